The quantitative estimate of drug-likeness (QED) is 0.617. The Kier molecular flexibility index (Phi) is 6.81. The van der Waals surface area contributed by atoms with E-state index in [0.717, 1.165) is 11.1 Å². The minimum atomic E-state index is -0.459. The lowest BCUT2D eigenvalue weighted by molar-refractivity contribution is 0.262. The van der Waals surface area contributed by atoms with Crippen LogP contribution in [0.3, 0.4) is 0 Å². The summed E-state index contributed by atoms with van der Waals surface area (Å²) in [6.07, 6.45) is 5.39. The summed E-state index contributed by atoms with van der Waals surface area (Å²) >= 11 is 6.05. The molecule has 136 valence electrons. The van der Waals surface area contributed by atoms with Crippen LogP contribution in [0.2, 0.25) is 5.02 Å². The minimum absolute atomic E-state index is 0.350. The number of amides is 2. The van der Waals surface area contributed by atoms with Crippen molar-refractivity contribution in [1.29, 1.82) is 5.26 Å². The fourth-order valence-corrected chi connectivity index (χ4v) is 2.49. The van der Waals surface area contributed by atoms with Crippen LogP contribution < -0.4 is 16.4 Å². The van der Waals surface area contributed by atoms with Crippen molar-refractivity contribution in [2.45, 2.75) is 6.92 Å². The number of nitriles is 1. The smallest absolute Gasteiger partial charge is 0.323 e. The molecule has 0 aliphatic carbocycles. The van der Waals surface area contributed by atoms with Gasteiger partial charge in [-0.25, -0.2) is 4.79 Å². The lowest BCUT2D eigenvalue weighted by atomic mass is 10.0. The number of urea groups is 1. The molecular weight excluding hydrogens is 360 g/mol. The summed E-state index contributed by atoms with van der Waals surface area (Å²) in [6, 6.07) is 13.5. The van der Waals surface area contributed by atoms with E-state index in [9.17, 15) is 4.79 Å². The highest BCUT2D eigenvalue weighted by atomic mass is 35.5. The number of hydrogen-bond acceptors (Lipinski definition) is 3. The van der Waals surface area contributed by atoms with Gasteiger partial charge < -0.3 is 16.4 Å². The second-order valence-electron chi connectivity index (χ2n) is 5.71. The number of nitrogens with zero attached hydrogens (tertiary/aromatic N) is 1. The van der Waals surface area contributed by atoms with Crippen molar-refractivity contribution in [3.63, 3.8) is 0 Å². The van der Waals surface area contributed by atoms with Crippen LogP contribution in [0, 0.1) is 11.3 Å². The van der Waals surface area contributed by atoms with Crippen LogP contribution >= 0.6 is 11.6 Å². The Labute approximate surface area is 163 Å². The van der Waals surface area contributed by atoms with Crippen molar-refractivity contribution < 1.29 is 4.79 Å². The zero-order chi connectivity index (χ0) is 19.8. The second kappa shape index (κ2) is 9.27. The van der Waals surface area contributed by atoms with Crippen LogP contribution in [0.15, 0.2) is 73.0 Å². The van der Waals surface area contributed by atoms with E-state index in [1.54, 1.807) is 30.3 Å². The number of nitrogens with one attached hydrogen (secondary N) is 2. The van der Waals surface area contributed by atoms with Gasteiger partial charge in [-0.1, -0.05) is 42.5 Å². The van der Waals surface area contributed by atoms with E-state index in [4.69, 9.17) is 22.6 Å². The normalized spacial score (nSPS) is 11.4. The average molecular weight is 379 g/mol. The van der Waals surface area contributed by atoms with Crippen LogP contribution in [-0.2, 0) is 0 Å². The molecular formula is C21H19ClN4O. The average Bonchev–Trinajstić information content (AvgIpc) is 2.63. The Morgan fingerprint density at radius 3 is 2.52 bits per heavy atom. The number of carbonyl (C=O) groups is 1. The molecule has 4 N–H and O–H groups in total. The molecule has 0 heterocycles. The van der Waals surface area contributed by atoms with Crippen molar-refractivity contribution in [3.05, 3.63) is 89.1 Å². The summed E-state index contributed by atoms with van der Waals surface area (Å²) in [7, 11) is 0. The van der Waals surface area contributed by atoms with Gasteiger partial charge in [0.25, 0.3) is 0 Å². The van der Waals surface area contributed by atoms with E-state index in [1.165, 1.54) is 6.07 Å². The molecule has 0 saturated carbocycles. The molecule has 2 aromatic rings. The molecule has 2 rings (SSSR count). The van der Waals surface area contributed by atoms with E-state index < -0.39 is 6.03 Å². The van der Waals surface area contributed by atoms with Crippen molar-refractivity contribution in [2.75, 3.05) is 10.6 Å². The molecule has 0 fully saturated rings. The molecule has 0 spiro atoms. The zero-order valence-electron chi connectivity index (χ0n) is 14.8. The first kappa shape index (κ1) is 19.8. The third-order valence-electron chi connectivity index (χ3n) is 3.50. The predicted molar refractivity (Wildman–Crippen MR) is 111 cm³/mol. The topological polar surface area (TPSA) is 90.9 Å². The highest BCUT2D eigenvalue weighted by molar-refractivity contribution is 6.33. The van der Waals surface area contributed by atoms with Crippen molar-refractivity contribution in [2.24, 2.45) is 5.73 Å². The molecule has 6 heteroatoms. The zero-order valence-corrected chi connectivity index (χ0v) is 15.5. The first-order chi connectivity index (χ1) is 12.9. The molecule has 0 bridgehead atoms. The first-order valence-corrected chi connectivity index (χ1v) is 8.45. The van der Waals surface area contributed by atoms with Gasteiger partial charge in [0.05, 0.1) is 22.3 Å². The Hall–Kier alpha value is -3.49. The van der Waals surface area contributed by atoms with Crippen LogP contribution in [0.4, 0.5) is 16.2 Å². The Morgan fingerprint density at radius 2 is 1.93 bits per heavy atom. The van der Waals surface area contributed by atoms with Crippen molar-refractivity contribution >= 4 is 34.6 Å². The Bertz CT molecular complexity index is 949. The van der Waals surface area contributed by atoms with Crippen LogP contribution in [0.25, 0.3) is 5.57 Å². The number of halogens is 1. The lowest BCUT2D eigenvalue weighted by Gasteiger charge is -2.10. The van der Waals surface area contributed by atoms with Gasteiger partial charge >= 0.3 is 6.03 Å². The van der Waals surface area contributed by atoms with Gasteiger partial charge in [0.2, 0.25) is 0 Å². The molecule has 0 radical (unpaired) electrons. The van der Waals surface area contributed by atoms with E-state index in [1.807, 2.05) is 37.3 Å². The van der Waals surface area contributed by atoms with Gasteiger partial charge in [0, 0.05) is 11.4 Å². The van der Waals surface area contributed by atoms with Gasteiger partial charge in [0.15, 0.2) is 0 Å². The van der Waals surface area contributed by atoms with Gasteiger partial charge in [-0.15, -0.1) is 0 Å². The second-order valence-corrected chi connectivity index (χ2v) is 6.12. The van der Waals surface area contributed by atoms with Gasteiger partial charge in [-0.05, 0) is 54.5 Å². The van der Waals surface area contributed by atoms with Crippen molar-refractivity contribution in [1.82, 2.24) is 0 Å². The molecule has 0 aliphatic rings. The molecule has 0 unspecified atom stereocenters. The summed E-state index contributed by atoms with van der Waals surface area (Å²) in [5, 5.41) is 14.6. The van der Waals surface area contributed by atoms with Gasteiger partial charge in [-0.2, -0.15) is 5.26 Å². The number of rotatable bonds is 5. The summed E-state index contributed by atoms with van der Waals surface area (Å²) in [4.78, 5) is 12.2. The summed E-state index contributed by atoms with van der Waals surface area (Å²) in [5.74, 6) is 0. The molecule has 2 amide bonds. The molecule has 0 aliphatic heterocycles. The van der Waals surface area contributed by atoms with Gasteiger partial charge in [0.1, 0.15) is 0 Å². The van der Waals surface area contributed by atoms with Crippen molar-refractivity contribution in [3.8, 4) is 6.07 Å². The lowest BCUT2D eigenvalue weighted by Crippen LogP contribution is -2.19. The maximum atomic E-state index is 12.2. The van der Waals surface area contributed by atoms with E-state index in [-0.39, 0.29) is 0 Å². The van der Waals surface area contributed by atoms with Gasteiger partial charge in [-0.3, -0.25) is 0 Å². The number of nitrogens with two attached hydrogens (primary N) is 1. The van der Waals surface area contributed by atoms with E-state index in [0.29, 0.717) is 27.7 Å². The van der Waals surface area contributed by atoms with Crippen LogP contribution in [-0.4, -0.2) is 6.03 Å². The largest absolute Gasteiger partial charge is 0.402 e. The molecule has 5 nitrogen and oxygen atoms in total. The SMILES string of the molecule is C=C/C=C(\C=C(\C)N)c1ccc(NC(=O)Nc2cc(C#N)ccc2Cl)cc1. The minimum Gasteiger partial charge on any atom is -0.402 e. The molecule has 27 heavy (non-hydrogen) atoms. The number of allylic oxidation sites excluding steroid dienone is 5. The fourth-order valence-electron chi connectivity index (χ4n) is 2.32. The third kappa shape index (κ3) is 5.77. The Morgan fingerprint density at radius 1 is 1.22 bits per heavy atom. The first-order valence-electron chi connectivity index (χ1n) is 8.07. The van der Waals surface area contributed by atoms with Crippen LogP contribution in [0.5, 0.6) is 0 Å². The third-order valence-corrected chi connectivity index (χ3v) is 3.83. The molecule has 0 aromatic heterocycles. The predicted octanol–water partition coefficient (Wildman–Crippen LogP) is 5.29. The maximum absolute atomic E-state index is 12.2. The number of anilines is 2. The number of benzene rings is 2. The summed E-state index contributed by atoms with van der Waals surface area (Å²) < 4.78 is 0. The summed E-state index contributed by atoms with van der Waals surface area (Å²) in [6.45, 7) is 5.52. The molecule has 0 atom stereocenters. The maximum Gasteiger partial charge on any atom is 0.323 e. The molecule has 0 saturated heterocycles. The monoisotopic (exact) mass is 378 g/mol. The number of hydrogen-bond donors (Lipinski definition) is 3. The highest BCUT2D eigenvalue weighted by Gasteiger charge is 2.08. The van der Waals surface area contributed by atoms with Crippen LogP contribution in [0.1, 0.15) is 18.1 Å². The number of carbonyl (C=O) groups excluding carboxylic acids is 1. The van der Waals surface area contributed by atoms with E-state index >= 15 is 0 Å². The highest BCUT2D eigenvalue weighted by Crippen LogP contribution is 2.23. The standard InChI is InChI=1S/C21H19ClN4O/c1-3-4-17(11-14(2)24)16-6-8-18(9-7-16)25-21(27)26-20-12-15(13-23)5-10-19(20)22/h3-12H,1,24H2,2H3,(H2,25,26,27)/b14-11-,17-4+. The van der Waals surface area contributed by atoms with E-state index in [2.05, 4.69) is 17.2 Å². The Balaban J connectivity index is 2.11. The fraction of sp³-hybridized carbons (Fsp3) is 0.0476. The molecule has 2 aromatic carbocycles. The summed E-state index contributed by atoms with van der Waals surface area (Å²) in [5.41, 5.74) is 9.67.